The molecule has 0 bridgehead atoms. The van der Waals surface area contributed by atoms with Gasteiger partial charge in [0, 0.05) is 12.8 Å². The number of ketones is 1. The third kappa shape index (κ3) is 2.62. The highest BCUT2D eigenvalue weighted by Gasteiger charge is 2.37. The lowest BCUT2D eigenvalue weighted by atomic mass is 9.65. The number of hydrogen-bond donors (Lipinski definition) is 0. The Bertz CT molecular complexity index is 236. The van der Waals surface area contributed by atoms with Gasteiger partial charge in [-0.1, -0.05) is 39.5 Å². The molecule has 2 saturated carbocycles. The average molecular weight is 208 g/mol. The van der Waals surface area contributed by atoms with Gasteiger partial charge in [0.2, 0.25) is 0 Å². The second-order valence-electron chi connectivity index (χ2n) is 6.31. The minimum atomic E-state index is 0.413. The van der Waals surface area contributed by atoms with Gasteiger partial charge >= 0.3 is 0 Å². The van der Waals surface area contributed by atoms with E-state index < -0.39 is 0 Å². The zero-order chi connectivity index (χ0) is 10.9. The molecule has 1 heteroatoms. The second-order valence-corrected chi connectivity index (χ2v) is 6.31. The van der Waals surface area contributed by atoms with Gasteiger partial charge < -0.3 is 0 Å². The van der Waals surface area contributed by atoms with Crippen LogP contribution in [0, 0.1) is 17.3 Å². The summed E-state index contributed by atoms with van der Waals surface area (Å²) in [6, 6.07) is 0. The largest absolute Gasteiger partial charge is 0.300 e. The molecule has 2 fully saturated rings. The van der Waals surface area contributed by atoms with Crippen molar-refractivity contribution in [3.05, 3.63) is 0 Å². The van der Waals surface area contributed by atoms with Crippen LogP contribution < -0.4 is 0 Å². The van der Waals surface area contributed by atoms with E-state index in [1.54, 1.807) is 0 Å². The van der Waals surface area contributed by atoms with E-state index in [0.29, 0.717) is 17.1 Å². The Morgan fingerprint density at radius 3 is 2.60 bits per heavy atom. The Morgan fingerprint density at radius 2 is 1.93 bits per heavy atom. The Balaban J connectivity index is 1.94. The molecule has 0 aromatic heterocycles. The molecular weight excluding hydrogens is 184 g/mol. The Morgan fingerprint density at radius 1 is 1.27 bits per heavy atom. The van der Waals surface area contributed by atoms with Crippen molar-refractivity contribution in [2.75, 3.05) is 0 Å². The molecule has 2 rings (SSSR count). The van der Waals surface area contributed by atoms with Gasteiger partial charge in [-0.15, -0.1) is 0 Å². The minimum absolute atomic E-state index is 0.413. The lowest BCUT2D eigenvalue weighted by molar-refractivity contribution is -0.124. The predicted octanol–water partition coefficient (Wildman–Crippen LogP) is 3.96. The van der Waals surface area contributed by atoms with Crippen LogP contribution in [0.15, 0.2) is 0 Å². The van der Waals surface area contributed by atoms with Crippen LogP contribution in [0.25, 0.3) is 0 Å². The SMILES string of the molecule is CC1(C)CCC(=O)CC1CC1CCCC1. The van der Waals surface area contributed by atoms with Crippen molar-refractivity contribution >= 4 is 5.78 Å². The maximum atomic E-state index is 11.5. The summed E-state index contributed by atoms with van der Waals surface area (Å²) in [5.41, 5.74) is 0.413. The molecular formula is C14H24O. The van der Waals surface area contributed by atoms with Crippen molar-refractivity contribution in [2.45, 2.75) is 65.2 Å². The summed E-state index contributed by atoms with van der Waals surface area (Å²) in [6.45, 7) is 4.72. The quantitative estimate of drug-likeness (QED) is 0.671. The standard InChI is InChI=1S/C14H24O/c1-14(2)8-7-13(15)10-12(14)9-11-5-3-4-6-11/h11-12H,3-10H2,1-2H3. The first-order valence-electron chi connectivity index (χ1n) is 6.59. The fourth-order valence-corrected chi connectivity index (χ4v) is 3.37. The van der Waals surface area contributed by atoms with Crippen LogP contribution in [0.4, 0.5) is 0 Å². The van der Waals surface area contributed by atoms with Gasteiger partial charge in [0.1, 0.15) is 5.78 Å². The van der Waals surface area contributed by atoms with E-state index in [1.807, 2.05) is 0 Å². The topological polar surface area (TPSA) is 17.1 Å². The smallest absolute Gasteiger partial charge is 0.133 e. The van der Waals surface area contributed by atoms with Gasteiger partial charge in [0.05, 0.1) is 0 Å². The van der Waals surface area contributed by atoms with E-state index in [2.05, 4.69) is 13.8 Å². The molecule has 0 aliphatic heterocycles. The summed E-state index contributed by atoms with van der Waals surface area (Å²) < 4.78 is 0. The number of Topliss-reactive ketones (excluding diaryl/α,β-unsaturated/α-hetero) is 1. The van der Waals surface area contributed by atoms with Crippen LogP contribution in [0.3, 0.4) is 0 Å². The van der Waals surface area contributed by atoms with E-state index >= 15 is 0 Å². The molecule has 1 nitrogen and oxygen atoms in total. The first-order valence-corrected chi connectivity index (χ1v) is 6.59. The van der Waals surface area contributed by atoms with Crippen LogP contribution >= 0.6 is 0 Å². The maximum Gasteiger partial charge on any atom is 0.133 e. The molecule has 0 aromatic rings. The zero-order valence-electron chi connectivity index (χ0n) is 10.2. The molecule has 2 aliphatic rings. The van der Waals surface area contributed by atoms with Crippen LogP contribution in [-0.4, -0.2) is 5.78 Å². The van der Waals surface area contributed by atoms with Crippen LogP contribution in [0.2, 0.25) is 0 Å². The molecule has 15 heavy (non-hydrogen) atoms. The minimum Gasteiger partial charge on any atom is -0.300 e. The van der Waals surface area contributed by atoms with E-state index in [1.165, 1.54) is 32.1 Å². The number of rotatable bonds is 2. The summed E-state index contributed by atoms with van der Waals surface area (Å²) in [5, 5.41) is 0. The summed E-state index contributed by atoms with van der Waals surface area (Å²) in [4.78, 5) is 11.5. The molecule has 0 radical (unpaired) electrons. The van der Waals surface area contributed by atoms with Crippen molar-refractivity contribution in [3.8, 4) is 0 Å². The first-order chi connectivity index (χ1) is 7.08. The average Bonchev–Trinajstić information content (AvgIpc) is 2.65. The molecule has 0 aromatic carbocycles. The van der Waals surface area contributed by atoms with Gasteiger partial charge in [-0.3, -0.25) is 4.79 Å². The summed E-state index contributed by atoms with van der Waals surface area (Å²) in [6.07, 6.45) is 9.80. The molecule has 0 amide bonds. The van der Waals surface area contributed by atoms with E-state index in [0.717, 1.165) is 25.2 Å². The molecule has 1 unspecified atom stereocenters. The van der Waals surface area contributed by atoms with Gasteiger partial charge in [0.25, 0.3) is 0 Å². The molecule has 0 heterocycles. The fraction of sp³-hybridized carbons (Fsp3) is 0.929. The van der Waals surface area contributed by atoms with Crippen molar-refractivity contribution in [3.63, 3.8) is 0 Å². The van der Waals surface area contributed by atoms with Crippen molar-refractivity contribution in [2.24, 2.45) is 17.3 Å². The lowest BCUT2D eigenvalue weighted by Gasteiger charge is -2.39. The van der Waals surface area contributed by atoms with Gasteiger partial charge in [-0.2, -0.15) is 0 Å². The highest BCUT2D eigenvalue weighted by Crippen LogP contribution is 2.44. The number of hydrogen-bond acceptors (Lipinski definition) is 1. The summed E-state index contributed by atoms with van der Waals surface area (Å²) >= 11 is 0. The molecule has 2 aliphatic carbocycles. The molecule has 86 valence electrons. The predicted molar refractivity (Wildman–Crippen MR) is 62.7 cm³/mol. The van der Waals surface area contributed by atoms with E-state index in [9.17, 15) is 4.79 Å². The van der Waals surface area contributed by atoms with Crippen LogP contribution in [0.5, 0.6) is 0 Å². The lowest BCUT2D eigenvalue weighted by Crippen LogP contribution is -2.33. The fourth-order valence-electron chi connectivity index (χ4n) is 3.37. The van der Waals surface area contributed by atoms with Crippen molar-refractivity contribution in [1.82, 2.24) is 0 Å². The van der Waals surface area contributed by atoms with Crippen molar-refractivity contribution < 1.29 is 4.79 Å². The molecule has 1 atom stereocenters. The Hall–Kier alpha value is -0.330. The molecule has 0 spiro atoms. The second kappa shape index (κ2) is 4.27. The molecule has 0 N–H and O–H groups in total. The maximum absolute atomic E-state index is 11.5. The van der Waals surface area contributed by atoms with Gasteiger partial charge in [-0.25, -0.2) is 0 Å². The Kier molecular flexibility index (Phi) is 3.18. The third-order valence-electron chi connectivity index (χ3n) is 4.72. The number of carbonyl (C=O) groups is 1. The van der Waals surface area contributed by atoms with Crippen LogP contribution in [-0.2, 0) is 4.79 Å². The highest BCUT2D eigenvalue weighted by atomic mass is 16.1. The third-order valence-corrected chi connectivity index (χ3v) is 4.72. The summed E-state index contributed by atoms with van der Waals surface area (Å²) in [5.74, 6) is 2.11. The van der Waals surface area contributed by atoms with E-state index in [4.69, 9.17) is 0 Å². The normalized spacial score (nSPS) is 32.1. The Labute approximate surface area is 93.6 Å². The first kappa shape index (κ1) is 11.2. The monoisotopic (exact) mass is 208 g/mol. The molecule has 0 saturated heterocycles. The summed E-state index contributed by atoms with van der Waals surface area (Å²) in [7, 11) is 0. The van der Waals surface area contributed by atoms with Crippen LogP contribution in [0.1, 0.15) is 65.2 Å². The van der Waals surface area contributed by atoms with Gasteiger partial charge in [0.15, 0.2) is 0 Å². The van der Waals surface area contributed by atoms with Gasteiger partial charge in [-0.05, 0) is 30.1 Å². The zero-order valence-corrected chi connectivity index (χ0v) is 10.2. The van der Waals surface area contributed by atoms with Crippen molar-refractivity contribution in [1.29, 1.82) is 0 Å². The van der Waals surface area contributed by atoms with E-state index in [-0.39, 0.29) is 0 Å². The highest BCUT2D eigenvalue weighted by molar-refractivity contribution is 5.79. The number of carbonyl (C=O) groups excluding carboxylic acids is 1.